The zero-order valence-corrected chi connectivity index (χ0v) is 28.2. The molecule has 46 heavy (non-hydrogen) atoms. The summed E-state index contributed by atoms with van der Waals surface area (Å²) < 4.78 is 5.96. The second kappa shape index (κ2) is 13.5. The average molecular weight is 639 g/mol. The molecule has 1 aliphatic heterocycles. The second-order valence-electron chi connectivity index (χ2n) is 14.0. The lowest BCUT2D eigenvalue weighted by atomic mass is 9.45. The van der Waals surface area contributed by atoms with Crippen molar-refractivity contribution < 1.29 is 34.2 Å². The number of hydrogen-bond acceptors (Lipinski definition) is 9. The SMILES string of the molecule is CONC(=O)c1cc(-c2cccc(CN3O[C@@H](CO)C(C(C)O)[C@H]3C(=O)N[C@H]3C[C@H]4C[C@@H]([C@@H]3C)C4(C)C)c2OC)cc(N(C)C)c1. The lowest BCUT2D eigenvalue weighted by Gasteiger charge is -2.62. The lowest BCUT2D eigenvalue weighted by molar-refractivity contribution is -0.183. The fraction of sp³-hybridized carbons (Fsp3) is 0.600. The normalized spacial score (nSPS) is 29.0. The van der Waals surface area contributed by atoms with E-state index in [2.05, 4.69) is 31.6 Å². The molecule has 4 N–H and O–H groups in total. The summed E-state index contributed by atoms with van der Waals surface area (Å²) >= 11 is 0. The third kappa shape index (κ3) is 6.23. The monoisotopic (exact) mass is 638 g/mol. The number of aliphatic hydroxyl groups excluding tert-OH is 2. The molecule has 1 heterocycles. The van der Waals surface area contributed by atoms with E-state index in [1.807, 2.05) is 43.3 Å². The van der Waals surface area contributed by atoms with Crippen molar-refractivity contribution in [2.45, 2.75) is 71.4 Å². The van der Waals surface area contributed by atoms with Crippen molar-refractivity contribution in [1.82, 2.24) is 15.9 Å². The number of nitrogens with one attached hydrogen (secondary N) is 2. The van der Waals surface area contributed by atoms with Crippen molar-refractivity contribution in [3.8, 4) is 16.9 Å². The number of benzene rings is 2. The van der Waals surface area contributed by atoms with E-state index in [9.17, 15) is 19.8 Å². The van der Waals surface area contributed by atoms with E-state index >= 15 is 0 Å². The number of fused-ring (bicyclic) bond motifs is 2. The Morgan fingerprint density at radius 2 is 1.91 bits per heavy atom. The Morgan fingerprint density at radius 3 is 2.50 bits per heavy atom. The Bertz CT molecular complexity index is 1430. The molecule has 4 fully saturated rings. The molecule has 3 aliphatic carbocycles. The third-order valence-corrected chi connectivity index (χ3v) is 10.9. The third-order valence-electron chi connectivity index (χ3n) is 10.9. The molecule has 2 amide bonds. The van der Waals surface area contributed by atoms with Crippen LogP contribution in [0.25, 0.3) is 11.1 Å². The standard InChI is InChI=1S/C35H50N4O7/c1-19-27-15-24(35(27,3)4)16-28(19)36-34(43)31-30(20(2)41)29(18-40)46-39(31)17-21-10-9-11-26(32(21)44-7)22-12-23(33(42)37-45-8)14-25(13-22)38(5)6/h9-14,19-20,24,27-31,40-41H,15-18H2,1-8H3,(H,36,43)(H,37,42)/t19-,20?,24+,27-,28-,29-,30?,31-/m0/s1. The van der Waals surface area contributed by atoms with Gasteiger partial charge in [-0.05, 0) is 66.7 Å². The fourth-order valence-electron chi connectivity index (χ4n) is 8.14. The van der Waals surface area contributed by atoms with Gasteiger partial charge < -0.3 is 25.2 Å². The van der Waals surface area contributed by atoms with Crippen LogP contribution in [0.15, 0.2) is 36.4 Å². The molecule has 252 valence electrons. The van der Waals surface area contributed by atoms with Crippen LogP contribution in [0, 0.1) is 29.1 Å². The number of nitrogens with zero attached hydrogens (tertiary/aromatic N) is 2. The van der Waals surface area contributed by atoms with E-state index < -0.39 is 24.2 Å². The van der Waals surface area contributed by atoms with Crippen molar-refractivity contribution in [2.75, 3.05) is 39.8 Å². The van der Waals surface area contributed by atoms with Gasteiger partial charge in [0.25, 0.3) is 5.91 Å². The summed E-state index contributed by atoms with van der Waals surface area (Å²) in [6, 6.07) is 10.4. The van der Waals surface area contributed by atoms with Gasteiger partial charge >= 0.3 is 0 Å². The summed E-state index contributed by atoms with van der Waals surface area (Å²) in [5.74, 6) is 0.806. The van der Waals surface area contributed by atoms with Gasteiger partial charge in [0.1, 0.15) is 17.9 Å². The van der Waals surface area contributed by atoms with Crippen LogP contribution >= 0.6 is 0 Å². The topological polar surface area (TPSA) is 133 Å². The van der Waals surface area contributed by atoms with Crippen molar-refractivity contribution in [3.63, 3.8) is 0 Å². The van der Waals surface area contributed by atoms with Crippen molar-refractivity contribution in [1.29, 1.82) is 0 Å². The van der Waals surface area contributed by atoms with Gasteiger partial charge in [-0.25, -0.2) is 5.48 Å². The highest BCUT2D eigenvalue weighted by molar-refractivity contribution is 5.96. The number of carbonyl (C=O) groups excluding carboxylic acids is 2. The van der Waals surface area contributed by atoms with Crippen molar-refractivity contribution in [2.24, 2.45) is 29.1 Å². The molecule has 3 saturated carbocycles. The molecule has 0 radical (unpaired) electrons. The lowest BCUT2D eigenvalue weighted by Crippen LogP contribution is -2.62. The molecule has 0 spiro atoms. The van der Waals surface area contributed by atoms with E-state index in [1.165, 1.54) is 13.5 Å². The number of para-hydroxylation sites is 1. The van der Waals surface area contributed by atoms with E-state index in [0.717, 1.165) is 28.8 Å². The quantitative estimate of drug-likeness (QED) is 0.274. The molecule has 4 aliphatic rings. The zero-order valence-electron chi connectivity index (χ0n) is 28.2. The van der Waals surface area contributed by atoms with Crippen LogP contribution < -0.4 is 20.4 Å². The van der Waals surface area contributed by atoms with Crippen LogP contribution in [0.2, 0.25) is 0 Å². The minimum absolute atomic E-state index is 0.0419. The summed E-state index contributed by atoms with van der Waals surface area (Å²) in [6.45, 7) is 8.35. The predicted octanol–water partition coefficient (Wildman–Crippen LogP) is 3.38. The number of aliphatic hydroxyl groups is 2. The highest BCUT2D eigenvalue weighted by Gasteiger charge is 2.57. The highest BCUT2D eigenvalue weighted by Crippen LogP contribution is 2.61. The number of hydroxylamine groups is 3. The largest absolute Gasteiger partial charge is 0.496 e. The smallest absolute Gasteiger partial charge is 0.274 e. The van der Waals surface area contributed by atoms with Crippen LogP contribution in [0.1, 0.15) is 56.5 Å². The molecule has 2 aromatic rings. The second-order valence-corrected chi connectivity index (χ2v) is 14.0. The Labute approximate surface area is 272 Å². The van der Waals surface area contributed by atoms with Gasteiger partial charge in [0.2, 0.25) is 5.91 Å². The Hall–Kier alpha value is -3.22. The first-order valence-electron chi connectivity index (χ1n) is 16.2. The summed E-state index contributed by atoms with van der Waals surface area (Å²) in [5.41, 5.74) is 6.15. The molecule has 11 heteroatoms. The van der Waals surface area contributed by atoms with Crippen LogP contribution in [-0.4, -0.2) is 86.3 Å². The molecule has 1 saturated heterocycles. The molecule has 8 atom stereocenters. The number of carbonyl (C=O) groups is 2. The predicted molar refractivity (Wildman–Crippen MR) is 175 cm³/mol. The first-order valence-corrected chi connectivity index (χ1v) is 16.2. The van der Waals surface area contributed by atoms with E-state index in [0.29, 0.717) is 29.1 Å². The summed E-state index contributed by atoms with van der Waals surface area (Å²) in [7, 11) is 6.76. The minimum atomic E-state index is -0.896. The molecular formula is C35H50N4O7. The van der Waals surface area contributed by atoms with E-state index in [1.54, 1.807) is 31.2 Å². The Kier molecular flexibility index (Phi) is 10.0. The summed E-state index contributed by atoms with van der Waals surface area (Å²) in [5, 5.41) is 26.0. The van der Waals surface area contributed by atoms with Gasteiger partial charge in [0.05, 0.1) is 33.5 Å². The molecule has 2 bridgehead atoms. The van der Waals surface area contributed by atoms with Gasteiger partial charge in [0, 0.05) is 48.4 Å². The summed E-state index contributed by atoms with van der Waals surface area (Å²) in [4.78, 5) is 39.8. The molecule has 2 aromatic carbocycles. The van der Waals surface area contributed by atoms with Gasteiger partial charge in [-0.15, -0.1) is 0 Å². The van der Waals surface area contributed by atoms with E-state index in [4.69, 9.17) is 14.4 Å². The number of rotatable bonds is 11. The fourth-order valence-corrected chi connectivity index (χ4v) is 8.14. The first-order chi connectivity index (χ1) is 21.8. The zero-order chi connectivity index (χ0) is 33.5. The molecule has 0 aromatic heterocycles. The van der Waals surface area contributed by atoms with Gasteiger partial charge in [-0.2, -0.15) is 5.06 Å². The van der Waals surface area contributed by atoms with Gasteiger partial charge in [0.15, 0.2) is 0 Å². The van der Waals surface area contributed by atoms with Crippen LogP contribution in [0.3, 0.4) is 0 Å². The Morgan fingerprint density at radius 1 is 1.17 bits per heavy atom. The molecule has 2 unspecified atom stereocenters. The average Bonchev–Trinajstić information content (AvgIpc) is 3.40. The number of ether oxygens (including phenoxy) is 1. The molecular weight excluding hydrogens is 588 g/mol. The van der Waals surface area contributed by atoms with Crippen molar-refractivity contribution >= 4 is 17.5 Å². The van der Waals surface area contributed by atoms with Crippen LogP contribution in [0.5, 0.6) is 5.75 Å². The van der Waals surface area contributed by atoms with E-state index in [-0.39, 0.29) is 36.4 Å². The number of methoxy groups -OCH3 is 1. The van der Waals surface area contributed by atoms with Crippen LogP contribution in [0.4, 0.5) is 5.69 Å². The highest BCUT2D eigenvalue weighted by atomic mass is 16.7. The summed E-state index contributed by atoms with van der Waals surface area (Å²) in [6.07, 6.45) is 0.486. The number of amides is 2. The van der Waals surface area contributed by atoms with Gasteiger partial charge in [-0.3, -0.25) is 19.3 Å². The molecule has 6 rings (SSSR count). The van der Waals surface area contributed by atoms with Crippen LogP contribution in [-0.2, 0) is 21.0 Å². The maximum Gasteiger partial charge on any atom is 0.274 e. The van der Waals surface area contributed by atoms with Crippen molar-refractivity contribution in [3.05, 3.63) is 47.5 Å². The molecule has 11 nitrogen and oxygen atoms in total. The number of hydrogen-bond donors (Lipinski definition) is 4. The first kappa shape index (κ1) is 34.1. The minimum Gasteiger partial charge on any atom is -0.496 e. The van der Waals surface area contributed by atoms with Gasteiger partial charge in [-0.1, -0.05) is 39.0 Å². The Balaban J connectivity index is 1.46. The number of anilines is 1. The maximum absolute atomic E-state index is 14.1. The maximum atomic E-state index is 14.1.